The Bertz CT molecular complexity index is 572. The summed E-state index contributed by atoms with van der Waals surface area (Å²) < 4.78 is 5.12. The first kappa shape index (κ1) is 14.3. The van der Waals surface area contributed by atoms with Gasteiger partial charge in [-0.1, -0.05) is 54.6 Å². The van der Waals surface area contributed by atoms with Gasteiger partial charge in [0.1, 0.15) is 0 Å². The molecule has 0 bridgehead atoms. The molecule has 1 fully saturated rings. The molecule has 1 atom stereocenters. The molecular formula is C19H23NO. The Morgan fingerprint density at radius 2 is 1.71 bits per heavy atom. The van der Waals surface area contributed by atoms with Gasteiger partial charge in [-0.25, -0.2) is 0 Å². The average Bonchev–Trinajstić information content (AvgIpc) is 3.35. The SMILES string of the molecule is COCCc1ccc(C(N)C2(c3ccccc3)CC2)cc1. The van der Waals surface area contributed by atoms with Crippen molar-refractivity contribution in [1.29, 1.82) is 0 Å². The van der Waals surface area contributed by atoms with E-state index in [1.54, 1.807) is 7.11 Å². The van der Waals surface area contributed by atoms with Gasteiger partial charge in [-0.05, 0) is 36.0 Å². The molecule has 1 aliphatic rings. The van der Waals surface area contributed by atoms with Gasteiger partial charge in [0.2, 0.25) is 0 Å². The predicted octanol–water partition coefficient (Wildman–Crippen LogP) is 3.61. The first-order chi connectivity index (χ1) is 10.3. The minimum absolute atomic E-state index is 0.0800. The molecule has 0 aromatic heterocycles. The lowest BCUT2D eigenvalue weighted by molar-refractivity contribution is 0.202. The number of rotatable bonds is 6. The largest absolute Gasteiger partial charge is 0.384 e. The summed E-state index contributed by atoms with van der Waals surface area (Å²) in [5.41, 5.74) is 10.7. The van der Waals surface area contributed by atoms with Gasteiger partial charge < -0.3 is 10.5 Å². The summed E-state index contributed by atoms with van der Waals surface area (Å²) in [6.07, 6.45) is 3.32. The Balaban J connectivity index is 1.77. The molecule has 2 aromatic carbocycles. The highest BCUT2D eigenvalue weighted by atomic mass is 16.5. The van der Waals surface area contributed by atoms with Crippen LogP contribution in [0.2, 0.25) is 0 Å². The molecule has 21 heavy (non-hydrogen) atoms. The molecule has 0 amide bonds. The van der Waals surface area contributed by atoms with E-state index in [4.69, 9.17) is 10.5 Å². The molecule has 2 N–H and O–H groups in total. The lowest BCUT2D eigenvalue weighted by atomic mass is 9.84. The second-order valence-electron chi connectivity index (χ2n) is 5.98. The number of hydrogen-bond acceptors (Lipinski definition) is 2. The average molecular weight is 281 g/mol. The summed E-state index contributed by atoms with van der Waals surface area (Å²) >= 11 is 0. The van der Waals surface area contributed by atoms with Crippen molar-refractivity contribution in [3.63, 3.8) is 0 Å². The zero-order valence-corrected chi connectivity index (χ0v) is 12.6. The van der Waals surface area contributed by atoms with E-state index in [2.05, 4.69) is 54.6 Å². The van der Waals surface area contributed by atoms with Crippen LogP contribution in [0.5, 0.6) is 0 Å². The maximum atomic E-state index is 6.59. The second-order valence-corrected chi connectivity index (χ2v) is 5.98. The summed E-state index contributed by atoms with van der Waals surface area (Å²) in [5.74, 6) is 0. The van der Waals surface area contributed by atoms with Crippen LogP contribution in [-0.2, 0) is 16.6 Å². The van der Waals surface area contributed by atoms with Crippen LogP contribution >= 0.6 is 0 Å². The molecule has 0 spiro atoms. The monoisotopic (exact) mass is 281 g/mol. The molecule has 1 saturated carbocycles. The first-order valence-corrected chi connectivity index (χ1v) is 7.65. The standard InChI is InChI=1S/C19H23NO/c1-21-14-11-15-7-9-16(10-8-15)18(20)19(12-13-19)17-5-3-2-4-6-17/h2-10,18H,11-14,20H2,1H3. The molecule has 0 heterocycles. The minimum atomic E-state index is 0.0800. The first-order valence-electron chi connectivity index (χ1n) is 7.65. The smallest absolute Gasteiger partial charge is 0.0502 e. The van der Waals surface area contributed by atoms with Gasteiger partial charge >= 0.3 is 0 Å². The van der Waals surface area contributed by atoms with E-state index in [9.17, 15) is 0 Å². The highest BCUT2D eigenvalue weighted by molar-refractivity contribution is 5.38. The van der Waals surface area contributed by atoms with Crippen LogP contribution in [0.3, 0.4) is 0 Å². The molecule has 1 unspecified atom stereocenters. The highest BCUT2D eigenvalue weighted by Gasteiger charge is 2.49. The Labute approximate surface area is 126 Å². The molecule has 0 radical (unpaired) electrons. The van der Waals surface area contributed by atoms with Crippen LogP contribution in [0, 0.1) is 0 Å². The third kappa shape index (κ3) is 2.87. The van der Waals surface area contributed by atoms with Gasteiger partial charge in [-0.15, -0.1) is 0 Å². The Morgan fingerprint density at radius 1 is 1.05 bits per heavy atom. The van der Waals surface area contributed by atoms with Gasteiger partial charge in [-0.3, -0.25) is 0 Å². The van der Waals surface area contributed by atoms with Gasteiger partial charge in [0.25, 0.3) is 0 Å². The van der Waals surface area contributed by atoms with Crippen molar-refractivity contribution in [3.8, 4) is 0 Å². The maximum Gasteiger partial charge on any atom is 0.0502 e. The van der Waals surface area contributed by atoms with Crippen molar-refractivity contribution in [2.75, 3.05) is 13.7 Å². The summed E-state index contributed by atoms with van der Waals surface area (Å²) in [6, 6.07) is 19.5. The molecule has 0 aliphatic heterocycles. The van der Waals surface area contributed by atoms with Crippen molar-refractivity contribution < 1.29 is 4.74 Å². The molecule has 1 aliphatic carbocycles. The number of hydrogen-bond donors (Lipinski definition) is 1. The van der Waals surface area contributed by atoms with Gasteiger partial charge in [0, 0.05) is 18.6 Å². The van der Waals surface area contributed by atoms with Crippen molar-refractivity contribution in [2.45, 2.75) is 30.7 Å². The van der Waals surface area contributed by atoms with Crippen molar-refractivity contribution in [3.05, 3.63) is 71.3 Å². The van der Waals surface area contributed by atoms with E-state index in [1.165, 1.54) is 29.5 Å². The van der Waals surface area contributed by atoms with Crippen molar-refractivity contribution in [2.24, 2.45) is 5.73 Å². The molecule has 110 valence electrons. The van der Waals surface area contributed by atoms with E-state index < -0.39 is 0 Å². The van der Waals surface area contributed by atoms with Crippen LogP contribution in [0.15, 0.2) is 54.6 Å². The predicted molar refractivity (Wildman–Crippen MR) is 86.3 cm³/mol. The van der Waals surface area contributed by atoms with E-state index in [1.807, 2.05) is 0 Å². The third-order valence-corrected chi connectivity index (χ3v) is 4.67. The maximum absolute atomic E-state index is 6.59. The minimum Gasteiger partial charge on any atom is -0.384 e. The summed E-state index contributed by atoms with van der Waals surface area (Å²) in [6.45, 7) is 0.763. The Morgan fingerprint density at radius 3 is 2.29 bits per heavy atom. The number of nitrogens with two attached hydrogens (primary N) is 1. The van der Waals surface area contributed by atoms with Crippen molar-refractivity contribution >= 4 is 0 Å². The molecule has 3 rings (SSSR count). The fraction of sp³-hybridized carbons (Fsp3) is 0.368. The fourth-order valence-electron chi connectivity index (χ4n) is 3.11. The molecule has 2 aromatic rings. The van der Waals surface area contributed by atoms with E-state index in [-0.39, 0.29) is 11.5 Å². The van der Waals surface area contributed by atoms with Gasteiger partial charge in [0.05, 0.1) is 6.61 Å². The lowest BCUT2D eigenvalue weighted by Crippen LogP contribution is -2.26. The third-order valence-electron chi connectivity index (χ3n) is 4.67. The quantitative estimate of drug-likeness (QED) is 0.878. The van der Waals surface area contributed by atoms with E-state index in [0.29, 0.717) is 0 Å². The van der Waals surface area contributed by atoms with E-state index in [0.717, 1.165) is 13.0 Å². The second kappa shape index (κ2) is 6.00. The van der Waals surface area contributed by atoms with Gasteiger partial charge in [0.15, 0.2) is 0 Å². The van der Waals surface area contributed by atoms with Crippen LogP contribution in [0.25, 0.3) is 0 Å². The van der Waals surface area contributed by atoms with Gasteiger partial charge in [-0.2, -0.15) is 0 Å². The summed E-state index contributed by atoms with van der Waals surface area (Å²) in [7, 11) is 1.74. The van der Waals surface area contributed by atoms with Crippen molar-refractivity contribution in [1.82, 2.24) is 0 Å². The molecule has 2 nitrogen and oxygen atoms in total. The number of benzene rings is 2. The van der Waals surface area contributed by atoms with Crippen LogP contribution in [0.1, 0.15) is 35.6 Å². The lowest BCUT2D eigenvalue weighted by Gasteiger charge is -2.24. The summed E-state index contributed by atoms with van der Waals surface area (Å²) in [4.78, 5) is 0. The molecule has 0 saturated heterocycles. The molecular weight excluding hydrogens is 258 g/mol. The number of ether oxygens (including phenoxy) is 1. The zero-order chi connectivity index (χ0) is 14.7. The number of methoxy groups -OCH3 is 1. The highest BCUT2D eigenvalue weighted by Crippen LogP contribution is 2.55. The summed E-state index contributed by atoms with van der Waals surface area (Å²) in [5, 5.41) is 0. The zero-order valence-electron chi connectivity index (χ0n) is 12.6. The van der Waals surface area contributed by atoms with E-state index >= 15 is 0 Å². The Kier molecular flexibility index (Phi) is 4.09. The van der Waals surface area contributed by atoms with Crippen LogP contribution in [0.4, 0.5) is 0 Å². The van der Waals surface area contributed by atoms with Crippen LogP contribution < -0.4 is 5.73 Å². The Hall–Kier alpha value is -1.64. The van der Waals surface area contributed by atoms with Crippen LogP contribution in [-0.4, -0.2) is 13.7 Å². The fourth-order valence-corrected chi connectivity index (χ4v) is 3.11. The topological polar surface area (TPSA) is 35.2 Å². The normalized spacial score (nSPS) is 17.4. The molecule has 2 heteroatoms.